The van der Waals surface area contributed by atoms with Crippen LogP contribution in [0.4, 0.5) is 0 Å². The van der Waals surface area contributed by atoms with E-state index in [9.17, 15) is 4.79 Å². The van der Waals surface area contributed by atoms with Crippen molar-refractivity contribution in [1.82, 2.24) is 15.0 Å². The first-order chi connectivity index (χ1) is 8.25. The molecule has 0 saturated heterocycles. The van der Waals surface area contributed by atoms with Crippen molar-refractivity contribution < 1.29 is 4.79 Å². The van der Waals surface area contributed by atoms with Crippen LogP contribution in [0.5, 0.6) is 0 Å². The number of carbonyl (C=O) groups excluding carboxylic acids is 1. The Morgan fingerprint density at radius 2 is 2.12 bits per heavy atom. The Bertz CT molecular complexity index is 559. The quantitative estimate of drug-likeness (QED) is 0.735. The number of carbonyl (C=O) groups is 1. The summed E-state index contributed by atoms with van der Waals surface area (Å²) in [7, 11) is 0. The van der Waals surface area contributed by atoms with Crippen molar-refractivity contribution in [1.29, 1.82) is 0 Å². The number of rotatable bonds is 2. The van der Waals surface area contributed by atoms with Gasteiger partial charge in [-0.1, -0.05) is 35.5 Å². The summed E-state index contributed by atoms with van der Waals surface area (Å²) in [5.74, 6) is 0.416. The van der Waals surface area contributed by atoms with Crippen molar-refractivity contribution in [3.05, 3.63) is 47.3 Å². The zero-order valence-corrected chi connectivity index (χ0v) is 9.63. The number of hydrogen-bond acceptors (Lipinski definition) is 3. The molecule has 0 fully saturated rings. The van der Waals surface area contributed by atoms with Gasteiger partial charge < -0.3 is 0 Å². The van der Waals surface area contributed by atoms with Crippen LogP contribution in [-0.2, 0) is 13.0 Å². The molecule has 2 aromatic rings. The summed E-state index contributed by atoms with van der Waals surface area (Å²) in [4.78, 5) is 11.4. The highest BCUT2D eigenvalue weighted by Crippen LogP contribution is 2.29. The van der Waals surface area contributed by atoms with Gasteiger partial charge in [0.2, 0.25) is 0 Å². The number of Topliss-reactive ketones (excluding diaryl/α,β-unsaturated/α-hetero) is 1. The van der Waals surface area contributed by atoms with Crippen LogP contribution in [0.1, 0.15) is 34.6 Å². The van der Waals surface area contributed by atoms with Gasteiger partial charge in [-0.05, 0) is 5.56 Å². The normalized spacial score (nSPS) is 18.1. The minimum absolute atomic E-state index is 0.0000355. The van der Waals surface area contributed by atoms with E-state index in [1.807, 2.05) is 22.9 Å². The monoisotopic (exact) mass is 227 g/mol. The molecule has 1 aliphatic heterocycles. The molecule has 1 aromatic carbocycles. The molecule has 1 aliphatic rings. The number of benzene rings is 1. The molecule has 86 valence electrons. The van der Waals surface area contributed by atoms with E-state index in [0.29, 0.717) is 11.6 Å². The average Bonchev–Trinajstić information content (AvgIpc) is 2.88. The second-order valence-corrected chi connectivity index (χ2v) is 4.43. The lowest BCUT2D eigenvalue weighted by Gasteiger charge is -2.07. The molecule has 0 radical (unpaired) electrons. The van der Waals surface area contributed by atoms with E-state index in [-0.39, 0.29) is 5.78 Å². The molecule has 0 saturated carbocycles. The first-order valence-electron chi connectivity index (χ1n) is 5.74. The fourth-order valence-electron chi connectivity index (χ4n) is 2.41. The molecular weight excluding hydrogens is 214 g/mol. The molecule has 2 heterocycles. The van der Waals surface area contributed by atoms with Gasteiger partial charge in [-0.2, -0.15) is 0 Å². The topological polar surface area (TPSA) is 47.8 Å². The number of fused-ring (bicyclic) bond motifs is 1. The molecule has 17 heavy (non-hydrogen) atoms. The number of aromatic nitrogens is 3. The smallest absolute Gasteiger partial charge is 0.181 e. The van der Waals surface area contributed by atoms with Gasteiger partial charge >= 0.3 is 0 Å². The van der Waals surface area contributed by atoms with Crippen molar-refractivity contribution in [2.45, 2.75) is 25.8 Å². The second-order valence-electron chi connectivity index (χ2n) is 4.43. The van der Waals surface area contributed by atoms with Crippen LogP contribution in [0.2, 0.25) is 0 Å². The maximum atomic E-state index is 11.4. The minimum Gasteiger partial charge on any atom is -0.293 e. The average molecular weight is 227 g/mol. The Hall–Kier alpha value is -1.97. The predicted octanol–water partition coefficient (Wildman–Crippen LogP) is 1.82. The summed E-state index contributed by atoms with van der Waals surface area (Å²) in [6, 6.07) is 10.3. The Labute approximate surface area is 99.3 Å². The highest BCUT2D eigenvalue weighted by atomic mass is 16.1. The predicted molar refractivity (Wildman–Crippen MR) is 62.9 cm³/mol. The van der Waals surface area contributed by atoms with Gasteiger partial charge in [0, 0.05) is 19.3 Å². The second kappa shape index (κ2) is 3.80. The zero-order valence-electron chi connectivity index (χ0n) is 9.63. The zero-order chi connectivity index (χ0) is 11.8. The molecule has 0 amide bonds. The molecular formula is C13H13N3O. The summed E-state index contributed by atoms with van der Waals surface area (Å²) >= 11 is 0. The molecule has 3 rings (SSSR count). The molecule has 4 nitrogen and oxygen atoms in total. The van der Waals surface area contributed by atoms with E-state index in [4.69, 9.17) is 0 Å². The summed E-state index contributed by atoms with van der Waals surface area (Å²) < 4.78 is 1.86. The fourth-order valence-corrected chi connectivity index (χ4v) is 2.41. The van der Waals surface area contributed by atoms with Crippen molar-refractivity contribution in [3.63, 3.8) is 0 Å². The Morgan fingerprint density at radius 1 is 1.35 bits per heavy atom. The Morgan fingerprint density at radius 3 is 2.82 bits per heavy atom. The van der Waals surface area contributed by atoms with Crippen LogP contribution >= 0.6 is 0 Å². The highest BCUT2D eigenvalue weighted by molar-refractivity contribution is 5.93. The van der Waals surface area contributed by atoms with Crippen LogP contribution in [0.3, 0.4) is 0 Å². The van der Waals surface area contributed by atoms with E-state index < -0.39 is 0 Å². The first-order valence-corrected chi connectivity index (χ1v) is 5.74. The third-order valence-electron chi connectivity index (χ3n) is 3.28. The summed E-state index contributed by atoms with van der Waals surface area (Å²) in [5.41, 5.74) is 2.81. The van der Waals surface area contributed by atoms with Crippen molar-refractivity contribution in [2.75, 3.05) is 0 Å². The Kier molecular flexibility index (Phi) is 2.28. The Balaban J connectivity index is 1.91. The van der Waals surface area contributed by atoms with E-state index in [1.165, 1.54) is 5.56 Å². The molecule has 1 atom stereocenters. The van der Waals surface area contributed by atoms with Gasteiger partial charge in [0.05, 0.1) is 12.2 Å². The third kappa shape index (κ3) is 1.65. The molecule has 4 heteroatoms. The van der Waals surface area contributed by atoms with E-state index in [2.05, 4.69) is 22.4 Å². The molecule has 0 bridgehead atoms. The van der Waals surface area contributed by atoms with Gasteiger partial charge in [-0.25, -0.2) is 4.68 Å². The van der Waals surface area contributed by atoms with Crippen LogP contribution in [0.25, 0.3) is 0 Å². The van der Waals surface area contributed by atoms with Crippen LogP contribution in [0, 0.1) is 0 Å². The maximum Gasteiger partial charge on any atom is 0.181 e. The number of ketones is 1. The number of hydrogen-bond donors (Lipinski definition) is 0. The first kappa shape index (κ1) is 10.2. The van der Waals surface area contributed by atoms with Crippen LogP contribution in [-0.4, -0.2) is 20.8 Å². The summed E-state index contributed by atoms with van der Waals surface area (Å²) in [5, 5.41) is 7.97. The van der Waals surface area contributed by atoms with Crippen LogP contribution in [0.15, 0.2) is 30.3 Å². The SMILES string of the molecule is CC(=O)c1nnn2c1CC(c1ccccc1)C2. The van der Waals surface area contributed by atoms with Crippen molar-refractivity contribution >= 4 is 5.78 Å². The van der Waals surface area contributed by atoms with E-state index in [0.717, 1.165) is 18.7 Å². The van der Waals surface area contributed by atoms with E-state index >= 15 is 0 Å². The lowest BCUT2D eigenvalue weighted by molar-refractivity contribution is 0.101. The van der Waals surface area contributed by atoms with Gasteiger partial charge in [0.15, 0.2) is 11.5 Å². The van der Waals surface area contributed by atoms with Gasteiger partial charge in [0.1, 0.15) is 0 Å². The van der Waals surface area contributed by atoms with Gasteiger partial charge in [0.25, 0.3) is 0 Å². The van der Waals surface area contributed by atoms with E-state index in [1.54, 1.807) is 6.92 Å². The van der Waals surface area contributed by atoms with Gasteiger partial charge in [-0.15, -0.1) is 5.10 Å². The van der Waals surface area contributed by atoms with Gasteiger partial charge in [-0.3, -0.25) is 4.79 Å². The maximum absolute atomic E-state index is 11.4. The van der Waals surface area contributed by atoms with Crippen molar-refractivity contribution in [3.8, 4) is 0 Å². The molecule has 0 spiro atoms. The van der Waals surface area contributed by atoms with Crippen LogP contribution < -0.4 is 0 Å². The number of nitrogens with zero attached hydrogens (tertiary/aromatic N) is 3. The summed E-state index contributed by atoms with van der Waals surface area (Å²) in [6.07, 6.45) is 0.853. The fraction of sp³-hybridized carbons (Fsp3) is 0.308. The standard InChI is InChI=1S/C13H13N3O/c1-9(17)13-12-7-11(8-16(12)15-14-13)10-5-3-2-4-6-10/h2-6,11H,7-8H2,1H3. The molecule has 0 aliphatic carbocycles. The van der Waals surface area contributed by atoms with Crippen molar-refractivity contribution in [2.24, 2.45) is 0 Å². The largest absolute Gasteiger partial charge is 0.293 e. The molecule has 1 unspecified atom stereocenters. The molecule has 0 N–H and O–H groups in total. The minimum atomic E-state index is -0.0000355. The third-order valence-corrected chi connectivity index (χ3v) is 3.28. The lowest BCUT2D eigenvalue weighted by atomic mass is 9.96. The highest BCUT2D eigenvalue weighted by Gasteiger charge is 2.28. The molecule has 1 aromatic heterocycles. The summed E-state index contributed by atoms with van der Waals surface area (Å²) in [6.45, 7) is 2.36. The lowest BCUT2D eigenvalue weighted by Crippen LogP contribution is -2.03.